The molecule has 112 valence electrons. The van der Waals surface area contributed by atoms with E-state index in [2.05, 4.69) is 15.5 Å². The molecule has 0 unspecified atom stereocenters. The minimum absolute atomic E-state index is 0.0787. The molecule has 0 radical (unpaired) electrons. The highest BCUT2D eigenvalue weighted by atomic mass is 32.1. The van der Waals surface area contributed by atoms with E-state index in [1.807, 2.05) is 32.0 Å². The van der Waals surface area contributed by atoms with Crippen LogP contribution < -0.4 is 14.8 Å². The molecule has 0 aliphatic carbocycles. The van der Waals surface area contributed by atoms with Crippen molar-refractivity contribution in [1.82, 2.24) is 10.2 Å². The van der Waals surface area contributed by atoms with Crippen LogP contribution in [0.25, 0.3) is 10.6 Å². The fourth-order valence-corrected chi connectivity index (χ4v) is 2.35. The van der Waals surface area contributed by atoms with Crippen LogP contribution in [0, 0.1) is 5.92 Å². The molecule has 0 spiro atoms. The maximum Gasteiger partial charge on any atom is 0.228 e. The summed E-state index contributed by atoms with van der Waals surface area (Å²) in [6, 6.07) is 5.51. The quantitative estimate of drug-likeness (QED) is 0.919. The number of rotatable bonds is 5. The maximum atomic E-state index is 11.6. The van der Waals surface area contributed by atoms with Crippen LogP contribution in [0.15, 0.2) is 18.2 Å². The van der Waals surface area contributed by atoms with Gasteiger partial charge in [-0.3, -0.25) is 4.79 Å². The summed E-state index contributed by atoms with van der Waals surface area (Å²) in [6.07, 6.45) is 0. The van der Waals surface area contributed by atoms with Gasteiger partial charge in [0.2, 0.25) is 11.0 Å². The van der Waals surface area contributed by atoms with E-state index in [1.165, 1.54) is 11.3 Å². The van der Waals surface area contributed by atoms with E-state index in [-0.39, 0.29) is 11.8 Å². The van der Waals surface area contributed by atoms with Crippen molar-refractivity contribution in [2.75, 3.05) is 19.5 Å². The second-order valence-electron chi connectivity index (χ2n) is 4.63. The Morgan fingerprint density at radius 2 is 1.90 bits per heavy atom. The lowest BCUT2D eigenvalue weighted by Crippen LogP contribution is -2.17. The van der Waals surface area contributed by atoms with Crippen LogP contribution >= 0.6 is 11.3 Å². The van der Waals surface area contributed by atoms with Crippen LogP contribution in [0.2, 0.25) is 0 Å². The molecule has 1 heterocycles. The van der Waals surface area contributed by atoms with Gasteiger partial charge in [-0.15, -0.1) is 10.2 Å². The predicted octanol–water partition coefficient (Wildman–Crippen LogP) is 2.82. The van der Waals surface area contributed by atoms with Crippen molar-refractivity contribution in [2.45, 2.75) is 13.8 Å². The van der Waals surface area contributed by atoms with Gasteiger partial charge < -0.3 is 14.8 Å². The molecule has 0 bridgehead atoms. The zero-order valence-corrected chi connectivity index (χ0v) is 13.2. The molecule has 6 nitrogen and oxygen atoms in total. The number of hydrogen-bond donors (Lipinski definition) is 1. The molecule has 21 heavy (non-hydrogen) atoms. The number of carbonyl (C=O) groups is 1. The molecule has 0 saturated heterocycles. The number of carbonyl (C=O) groups excluding carboxylic acids is 1. The smallest absolute Gasteiger partial charge is 0.228 e. The summed E-state index contributed by atoms with van der Waals surface area (Å²) in [4.78, 5) is 11.6. The first-order valence-electron chi connectivity index (χ1n) is 6.42. The molecule has 0 aliphatic rings. The second-order valence-corrected chi connectivity index (χ2v) is 5.60. The predicted molar refractivity (Wildman–Crippen MR) is 81.9 cm³/mol. The summed E-state index contributed by atoms with van der Waals surface area (Å²) in [6.45, 7) is 3.65. The van der Waals surface area contributed by atoms with Gasteiger partial charge in [-0.1, -0.05) is 25.2 Å². The maximum absolute atomic E-state index is 11.6. The highest BCUT2D eigenvalue weighted by Crippen LogP contribution is 2.34. The standard InChI is InChI=1S/C14H17N3O3S/c1-8(2)12(18)15-14-17-16-13(21-14)9-5-6-10(19-3)11(7-9)20-4/h5-8H,1-4H3,(H,15,17,18). The minimum Gasteiger partial charge on any atom is -0.493 e. The summed E-state index contributed by atoms with van der Waals surface area (Å²) in [5.41, 5.74) is 0.857. The van der Waals surface area contributed by atoms with Gasteiger partial charge in [0.25, 0.3) is 0 Å². The van der Waals surface area contributed by atoms with Crippen molar-refractivity contribution in [3.05, 3.63) is 18.2 Å². The molecule has 2 aromatic rings. The molecule has 1 amide bonds. The Hall–Kier alpha value is -2.15. The summed E-state index contributed by atoms with van der Waals surface area (Å²) in [5, 5.41) is 12.0. The van der Waals surface area contributed by atoms with Crippen LogP contribution in [0.4, 0.5) is 5.13 Å². The first-order chi connectivity index (χ1) is 10.0. The van der Waals surface area contributed by atoms with Crippen LogP contribution in [0.1, 0.15) is 13.8 Å². The number of aromatic nitrogens is 2. The molecule has 0 aliphatic heterocycles. The van der Waals surface area contributed by atoms with Crippen molar-refractivity contribution in [3.8, 4) is 22.1 Å². The molecule has 0 saturated carbocycles. The zero-order chi connectivity index (χ0) is 15.4. The average molecular weight is 307 g/mol. The summed E-state index contributed by atoms with van der Waals surface area (Å²) in [7, 11) is 3.16. The van der Waals surface area contributed by atoms with Crippen molar-refractivity contribution in [1.29, 1.82) is 0 Å². The SMILES string of the molecule is COc1ccc(-c2nnc(NC(=O)C(C)C)s2)cc1OC. The first-order valence-corrected chi connectivity index (χ1v) is 7.23. The van der Waals surface area contributed by atoms with Crippen molar-refractivity contribution < 1.29 is 14.3 Å². The van der Waals surface area contributed by atoms with Crippen molar-refractivity contribution >= 4 is 22.4 Å². The molecule has 0 fully saturated rings. The zero-order valence-electron chi connectivity index (χ0n) is 12.3. The van der Waals surface area contributed by atoms with Gasteiger partial charge in [0, 0.05) is 11.5 Å². The van der Waals surface area contributed by atoms with Crippen LogP contribution in [-0.4, -0.2) is 30.3 Å². The van der Waals surface area contributed by atoms with Crippen molar-refractivity contribution in [3.63, 3.8) is 0 Å². The third kappa shape index (κ3) is 3.49. The Balaban J connectivity index is 2.23. The van der Waals surface area contributed by atoms with E-state index in [1.54, 1.807) is 14.2 Å². The Bertz CT molecular complexity index is 640. The summed E-state index contributed by atoms with van der Waals surface area (Å²) < 4.78 is 10.5. The fourth-order valence-electron chi connectivity index (χ4n) is 1.61. The van der Waals surface area contributed by atoms with Crippen LogP contribution in [0.3, 0.4) is 0 Å². The highest BCUT2D eigenvalue weighted by Gasteiger charge is 2.13. The van der Waals surface area contributed by atoms with Gasteiger partial charge in [0.1, 0.15) is 5.01 Å². The molecule has 1 N–H and O–H groups in total. The number of anilines is 1. The second kappa shape index (κ2) is 6.53. The largest absolute Gasteiger partial charge is 0.493 e. The molecular weight excluding hydrogens is 290 g/mol. The number of nitrogens with zero attached hydrogens (tertiary/aromatic N) is 2. The van der Waals surface area contributed by atoms with E-state index in [4.69, 9.17) is 9.47 Å². The number of amides is 1. The lowest BCUT2D eigenvalue weighted by Gasteiger charge is -2.07. The first kappa shape index (κ1) is 15.2. The lowest BCUT2D eigenvalue weighted by atomic mass is 10.2. The monoisotopic (exact) mass is 307 g/mol. The molecule has 2 rings (SSSR count). The Morgan fingerprint density at radius 3 is 2.52 bits per heavy atom. The fraction of sp³-hybridized carbons (Fsp3) is 0.357. The topological polar surface area (TPSA) is 73.3 Å². The summed E-state index contributed by atoms with van der Waals surface area (Å²) >= 11 is 1.31. The molecule has 1 aromatic heterocycles. The van der Waals surface area contributed by atoms with Crippen LogP contribution in [-0.2, 0) is 4.79 Å². The third-order valence-electron chi connectivity index (χ3n) is 2.81. The lowest BCUT2D eigenvalue weighted by molar-refractivity contribution is -0.118. The Kier molecular flexibility index (Phi) is 4.74. The molecule has 7 heteroatoms. The average Bonchev–Trinajstić information content (AvgIpc) is 2.94. The van der Waals surface area contributed by atoms with Gasteiger partial charge in [-0.05, 0) is 18.2 Å². The number of methoxy groups -OCH3 is 2. The highest BCUT2D eigenvalue weighted by molar-refractivity contribution is 7.18. The molecule has 1 aromatic carbocycles. The van der Waals surface area contributed by atoms with Gasteiger partial charge in [-0.2, -0.15) is 0 Å². The Morgan fingerprint density at radius 1 is 1.19 bits per heavy atom. The van der Waals surface area contributed by atoms with Gasteiger partial charge in [0.15, 0.2) is 11.5 Å². The number of benzene rings is 1. The van der Waals surface area contributed by atoms with Crippen molar-refractivity contribution in [2.24, 2.45) is 5.92 Å². The van der Waals surface area contributed by atoms with Gasteiger partial charge >= 0.3 is 0 Å². The normalized spacial score (nSPS) is 10.5. The van der Waals surface area contributed by atoms with Gasteiger partial charge in [-0.25, -0.2) is 0 Å². The number of ether oxygens (including phenoxy) is 2. The molecule has 0 atom stereocenters. The van der Waals surface area contributed by atoms with Gasteiger partial charge in [0.05, 0.1) is 14.2 Å². The Labute approximate surface area is 127 Å². The van der Waals surface area contributed by atoms with E-state index < -0.39 is 0 Å². The minimum atomic E-state index is -0.0987. The number of hydrogen-bond acceptors (Lipinski definition) is 6. The van der Waals surface area contributed by atoms with E-state index in [0.717, 1.165) is 5.56 Å². The van der Waals surface area contributed by atoms with E-state index >= 15 is 0 Å². The molecular formula is C14H17N3O3S. The van der Waals surface area contributed by atoms with Crippen LogP contribution in [0.5, 0.6) is 11.5 Å². The van der Waals surface area contributed by atoms with E-state index in [0.29, 0.717) is 21.6 Å². The third-order valence-corrected chi connectivity index (χ3v) is 3.70. The number of nitrogens with one attached hydrogen (secondary N) is 1. The summed E-state index contributed by atoms with van der Waals surface area (Å²) in [5.74, 6) is 1.10. The van der Waals surface area contributed by atoms with E-state index in [9.17, 15) is 4.79 Å².